The third kappa shape index (κ3) is 56.4. The summed E-state index contributed by atoms with van der Waals surface area (Å²) >= 11 is 0. The molecule has 0 unspecified atom stereocenters. The molecule has 0 bridgehead atoms. The van der Waals surface area contributed by atoms with Crippen molar-refractivity contribution in [1.29, 1.82) is 0 Å². The molecule has 0 saturated heterocycles. The van der Waals surface area contributed by atoms with Gasteiger partial charge in [-0.05, 0) is 18.5 Å². The van der Waals surface area contributed by atoms with Crippen LogP contribution in [0.3, 0.4) is 0 Å². The summed E-state index contributed by atoms with van der Waals surface area (Å²) in [6.07, 6.45) is 4.26. The molecule has 0 atom stereocenters. The number of carbonyl (C=O) groups is 1. The van der Waals surface area contributed by atoms with E-state index in [1.54, 1.807) is 0 Å². The third-order valence-corrected chi connectivity index (χ3v) is 4.02. The zero-order chi connectivity index (χ0) is 12.9. The normalized spacial score (nSPS) is 8.20. The van der Waals surface area contributed by atoms with Crippen LogP contribution in [-0.2, 0) is 9.36 Å². The predicted molar refractivity (Wildman–Crippen MR) is 63.9 cm³/mol. The fourth-order valence-corrected chi connectivity index (χ4v) is 2.01. The lowest BCUT2D eigenvalue weighted by molar-refractivity contribution is -0.134. The van der Waals surface area contributed by atoms with E-state index in [9.17, 15) is 0 Å². The van der Waals surface area contributed by atoms with Gasteiger partial charge in [0.1, 0.15) is 0 Å². The largest absolute Gasteiger partial charge is 0.692 e. The molecule has 0 amide bonds. The molecule has 0 aliphatic carbocycles. The first-order valence-corrected chi connectivity index (χ1v) is 7.64. The maximum Gasteiger partial charge on any atom is 0.692 e. The van der Waals surface area contributed by atoms with Gasteiger partial charge in [0.15, 0.2) is 0 Å². The smallest absolute Gasteiger partial charge is 0.481 e. The van der Waals surface area contributed by atoms with Gasteiger partial charge in [-0.3, -0.25) is 4.79 Å². The summed E-state index contributed by atoms with van der Waals surface area (Å²) in [5, 5.41) is 7.42. The maximum atomic E-state index is 9.00. The van der Waals surface area contributed by atoms with Crippen LogP contribution in [0.15, 0.2) is 0 Å². The Morgan fingerprint density at radius 3 is 1.27 bits per heavy atom. The van der Waals surface area contributed by atoms with Crippen molar-refractivity contribution in [2.24, 2.45) is 0 Å². The fraction of sp³-hybridized carbons (Fsp3) is 0.875. The molecule has 15 heavy (non-hydrogen) atoms. The molecule has 0 heterocycles. The van der Waals surface area contributed by atoms with E-state index in [2.05, 4.69) is 20.8 Å². The molecule has 0 saturated carbocycles. The van der Waals surface area contributed by atoms with Crippen molar-refractivity contribution in [3.8, 4) is 0 Å². The zero-order valence-corrected chi connectivity index (χ0v) is 11.5. The average molecular weight is 259 g/mol. The lowest BCUT2D eigenvalue weighted by Crippen LogP contribution is -1.83. The molecular weight excluding hydrogens is 238 g/mol. The predicted octanol–water partition coefficient (Wildman–Crippen LogP) is 2.25. The molecule has 0 radical (unpaired) electrons. The fourth-order valence-electron chi connectivity index (χ4n) is 0.671. The van der Waals surface area contributed by atoms with Gasteiger partial charge >= 0.3 is 8.25 Å². The lowest BCUT2D eigenvalue weighted by atomic mass is 10.9. The van der Waals surface area contributed by atoms with Gasteiger partial charge in [-0.15, -0.1) is 17.7 Å². The topological polar surface area (TPSA) is 94.8 Å². The minimum atomic E-state index is -2.87. The zero-order valence-electron chi connectivity index (χ0n) is 9.67. The maximum absolute atomic E-state index is 9.00. The highest BCUT2D eigenvalue weighted by Crippen LogP contribution is 2.32. The Morgan fingerprint density at radius 2 is 1.27 bits per heavy atom. The summed E-state index contributed by atoms with van der Waals surface area (Å²) in [7, 11) is -2.42. The monoisotopic (exact) mass is 259 g/mol. The highest BCUT2D eigenvalue weighted by molar-refractivity contribution is 7.57. The first-order valence-electron chi connectivity index (χ1n) is 4.58. The van der Waals surface area contributed by atoms with E-state index in [1.807, 2.05) is 0 Å². The van der Waals surface area contributed by atoms with Crippen LogP contribution >= 0.6 is 16.2 Å². The van der Waals surface area contributed by atoms with Gasteiger partial charge in [-0.2, -0.15) is 0 Å². The number of carboxylic acid groups (broad SMARTS) is 1. The number of carboxylic acids is 1. The summed E-state index contributed by atoms with van der Waals surface area (Å²) < 4.78 is 8.70. The molecule has 3 N–H and O–H groups in total. The molecule has 0 spiro atoms. The Kier molecular flexibility index (Phi) is 22.2. The van der Waals surface area contributed by atoms with Crippen molar-refractivity contribution in [1.82, 2.24) is 0 Å². The van der Waals surface area contributed by atoms with E-state index in [1.165, 1.54) is 18.5 Å². The van der Waals surface area contributed by atoms with E-state index in [-0.39, 0.29) is 0 Å². The second-order valence-electron chi connectivity index (χ2n) is 2.39. The summed E-state index contributed by atoms with van der Waals surface area (Å²) in [6, 6.07) is 0. The minimum Gasteiger partial charge on any atom is -0.481 e. The van der Waals surface area contributed by atoms with Crippen LogP contribution in [0.4, 0.5) is 0 Å². The number of rotatable bonds is 3. The second kappa shape index (κ2) is 16.4. The van der Waals surface area contributed by atoms with Crippen LogP contribution in [0.1, 0.15) is 27.7 Å². The van der Waals surface area contributed by atoms with Crippen molar-refractivity contribution in [2.75, 3.05) is 18.5 Å². The average Bonchev–Trinajstić information content (AvgIpc) is 2.05. The van der Waals surface area contributed by atoms with Crippen molar-refractivity contribution in [2.45, 2.75) is 27.7 Å². The minimum absolute atomic E-state index is 0.446. The summed E-state index contributed by atoms with van der Waals surface area (Å²) in [4.78, 5) is 23.2. The highest BCUT2D eigenvalue weighted by Gasteiger charge is 1.94. The van der Waals surface area contributed by atoms with Crippen LogP contribution in [0.25, 0.3) is 0 Å². The number of hydrogen-bond acceptors (Lipinski definition) is 2. The molecule has 5 nitrogen and oxygen atoms in total. The Bertz CT molecular complexity index is 134. The van der Waals surface area contributed by atoms with Gasteiger partial charge in [0.05, 0.1) is 0 Å². The standard InChI is InChI=1S/C6H15P.C2H4O2.HO3P/c1-4-7(5-2)6-3;1-2(3)4;1-4(2)3/h4-6H2,1-3H3;1H3,(H,3,4);(H-,1,2,3)/p+1. The van der Waals surface area contributed by atoms with Crippen LogP contribution in [0, 0.1) is 0 Å². The van der Waals surface area contributed by atoms with Crippen LogP contribution < -0.4 is 0 Å². The molecule has 0 aromatic heterocycles. The van der Waals surface area contributed by atoms with E-state index in [0.717, 1.165) is 6.92 Å². The van der Waals surface area contributed by atoms with Gasteiger partial charge in [-0.1, -0.05) is 20.8 Å². The van der Waals surface area contributed by atoms with Crippen molar-refractivity contribution in [3.05, 3.63) is 0 Å². The Labute approximate surface area is 93.2 Å². The van der Waals surface area contributed by atoms with Crippen molar-refractivity contribution >= 4 is 22.1 Å². The van der Waals surface area contributed by atoms with Crippen molar-refractivity contribution < 1.29 is 24.3 Å². The molecule has 0 aromatic rings. The van der Waals surface area contributed by atoms with Crippen LogP contribution in [0.2, 0.25) is 0 Å². The van der Waals surface area contributed by atoms with Crippen molar-refractivity contribution in [3.63, 3.8) is 0 Å². The van der Waals surface area contributed by atoms with Crippen LogP contribution in [-0.4, -0.2) is 39.3 Å². The summed E-state index contributed by atoms with van der Waals surface area (Å²) in [5.74, 6) is -0.833. The third-order valence-electron chi connectivity index (χ3n) is 1.34. The van der Waals surface area contributed by atoms with E-state index < -0.39 is 14.2 Å². The molecular formula is C8H21O5P2+. The Hall–Kier alpha value is -0.0800. The first-order chi connectivity index (χ1) is 6.81. The number of hydrogen-bond donors (Lipinski definition) is 3. The summed E-state index contributed by atoms with van der Waals surface area (Å²) in [5.41, 5.74) is 0. The second-order valence-corrected chi connectivity index (χ2v) is 6.14. The van der Waals surface area contributed by atoms with E-state index in [0.29, 0.717) is 7.92 Å². The van der Waals surface area contributed by atoms with Gasteiger partial charge < -0.3 is 5.11 Å². The van der Waals surface area contributed by atoms with Gasteiger partial charge in [0, 0.05) is 11.5 Å². The first kappa shape index (κ1) is 20.3. The number of aliphatic carboxylic acids is 1. The molecule has 0 aliphatic rings. The Morgan fingerprint density at radius 1 is 1.13 bits per heavy atom. The quantitative estimate of drug-likeness (QED) is 0.675. The molecule has 92 valence electrons. The lowest BCUT2D eigenvalue weighted by Gasteiger charge is -2.07. The van der Waals surface area contributed by atoms with Gasteiger partial charge in [0.2, 0.25) is 0 Å². The SMILES string of the molecule is CC(=O)O.CCP(CC)CC.O=[P+](O)O. The molecule has 0 rings (SSSR count). The summed E-state index contributed by atoms with van der Waals surface area (Å²) in [6.45, 7) is 7.95. The molecule has 0 fully saturated rings. The molecule has 0 aliphatic heterocycles. The molecule has 0 aromatic carbocycles. The van der Waals surface area contributed by atoms with E-state index >= 15 is 0 Å². The van der Waals surface area contributed by atoms with E-state index in [4.69, 9.17) is 24.3 Å². The van der Waals surface area contributed by atoms with Gasteiger partial charge in [-0.25, -0.2) is 0 Å². The van der Waals surface area contributed by atoms with Gasteiger partial charge in [0.25, 0.3) is 5.97 Å². The highest BCUT2D eigenvalue weighted by atomic mass is 31.1. The van der Waals surface area contributed by atoms with Crippen LogP contribution in [0.5, 0.6) is 0 Å². The molecule has 7 heteroatoms. The Balaban J connectivity index is -0.000000155.